The van der Waals surface area contributed by atoms with Gasteiger partial charge in [-0.1, -0.05) is 30.3 Å². The fourth-order valence-electron chi connectivity index (χ4n) is 5.00. The summed E-state index contributed by atoms with van der Waals surface area (Å²) in [7, 11) is 0. The fraction of sp³-hybridized carbons (Fsp3) is 0.538. The van der Waals surface area contributed by atoms with Crippen molar-refractivity contribution >= 4 is 17.6 Å². The number of nitrogens with zero attached hydrogens (tertiary/aromatic N) is 4. The van der Waals surface area contributed by atoms with Gasteiger partial charge in [-0.05, 0) is 56.9 Å². The van der Waals surface area contributed by atoms with Crippen LogP contribution in [0.25, 0.3) is 0 Å². The molecule has 0 spiro atoms. The Bertz CT molecular complexity index is 1000. The number of fused-ring (bicyclic) bond motifs is 1. The maximum Gasteiger partial charge on any atom is 0.228 e. The van der Waals surface area contributed by atoms with Gasteiger partial charge in [0, 0.05) is 49.7 Å². The highest BCUT2D eigenvalue weighted by Crippen LogP contribution is 2.36. The third-order valence-corrected chi connectivity index (χ3v) is 7.10. The second kappa shape index (κ2) is 9.00. The minimum atomic E-state index is 0.133. The first-order chi connectivity index (χ1) is 15.6. The Hall–Kier alpha value is -2.76. The lowest BCUT2D eigenvalue weighted by Gasteiger charge is -2.34. The van der Waals surface area contributed by atoms with Gasteiger partial charge in [0.2, 0.25) is 11.8 Å². The zero-order valence-electron chi connectivity index (χ0n) is 18.9. The molecular weight excluding hydrogens is 400 g/mol. The molecule has 1 aromatic heterocycles. The van der Waals surface area contributed by atoms with Gasteiger partial charge < -0.3 is 4.90 Å². The van der Waals surface area contributed by atoms with E-state index in [0.717, 1.165) is 61.7 Å². The van der Waals surface area contributed by atoms with Crippen LogP contribution in [0.5, 0.6) is 0 Å². The summed E-state index contributed by atoms with van der Waals surface area (Å²) in [6.45, 7) is 4.31. The number of carbonyl (C=O) groups excluding carboxylic acids is 2. The highest BCUT2D eigenvalue weighted by atomic mass is 16.2. The number of carbonyl (C=O) groups is 2. The van der Waals surface area contributed by atoms with Gasteiger partial charge in [-0.2, -0.15) is 0 Å². The number of amides is 2. The minimum Gasteiger partial charge on any atom is -0.342 e. The Morgan fingerprint density at radius 2 is 1.91 bits per heavy atom. The van der Waals surface area contributed by atoms with E-state index in [2.05, 4.69) is 12.1 Å². The van der Waals surface area contributed by atoms with Crippen molar-refractivity contribution in [3.05, 3.63) is 53.0 Å². The molecule has 0 unspecified atom stereocenters. The summed E-state index contributed by atoms with van der Waals surface area (Å²) in [6.07, 6.45) is 6.95. The van der Waals surface area contributed by atoms with Crippen molar-refractivity contribution in [2.75, 3.05) is 24.5 Å². The number of piperidine rings is 1. The second-order valence-electron chi connectivity index (χ2n) is 9.58. The number of hydrogen-bond donors (Lipinski definition) is 0. The Labute approximate surface area is 190 Å². The van der Waals surface area contributed by atoms with Crippen LogP contribution in [0.1, 0.15) is 67.1 Å². The lowest BCUT2D eigenvalue weighted by Crippen LogP contribution is -2.41. The molecule has 168 valence electrons. The molecular formula is C26H32N4O2. The molecule has 1 aromatic carbocycles. The molecule has 0 radical (unpaired) electrons. The number of rotatable bonds is 6. The maximum atomic E-state index is 12.9. The smallest absolute Gasteiger partial charge is 0.228 e. The largest absolute Gasteiger partial charge is 0.342 e. The summed E-state index contributed by atoms with van der Waals surface area (Å²) in [4.78, 5) is 39.3. The molecule has 0 bridgehead atoms. The van der Waals surface area contributed by atoms with E-state index < -0.39 is 0 Å². The molecule has 1 atom stereocenters. The molecule has 2 amide bonds. The van der Waals surface area contributed by atoms with Gasteiger partial charge in [0.15, 0.2) is 0 Å². The molecule has 2 aromatic rings. The average molecular weight is 433 g/mol. The molecule has 2 fully saturated rings. The van der Waals surface area contributed by atoms with Crippen molar-refractivity contribution in [1.82, 2.24) is 14.9 Å². The third kappa shape index (κ3) is 4.54. The van der Waals surface area contributed by atoms with Gasteiger partial charge in [-0.25, -0.2) is 9.97 Å². The van der Waals surface area contributed by atoms with Crippen molar-refractivity contribution in [1.29, 1.82) is 0 Å². The Morgan fingerprint density at radius 1 is 1.09 bits per heavy atom. The topological polar surface area (TPSA) is 66.4 Å². The van der Waals surface area contributed by atoms with Crippen LogP contribution in [0.15, 0.2) is 30.3 Å². The molecule has 1 saturated heterocycles. The summed E-state index contributed by atoms with van der Waals surface area (Å²) >= 11 is 0. The van der Waals surface area contributed by atoms with Crippen molar-refractivity contribution in [2.45, 2.75) is 64.2 Å². The van der Waals surface area contributed by atoms with Crippen LogP contribution in [-0.2, 0) is 22.4 Å². The molecule has 3 heterocycles. The molecule has 5 rings (SSSR count). The van der Waals surface area contributed by atoms with Crippen LogP contribution < -0.4 is 4.90 Å². The molecule has 0 N–H and O–H groups in total. The fourth-order valence-corrected chi connectivity index (χ4v) is 5.00. The van der Waals surface area contributed by atoms with E-state index in [0.29, 0.717) is 25.3 Å². The number of likely N-dealkylation sites (tertiary alicyclic amines) is 1. The number of benzene rings is 1. The Balaban J connectivity index is 1.31. The summed E-state index contributed by atoms with van der Waals surface area (Å²) < 4.78 is 0. The molecule has 1 aliphatic carbocycles. The SMILES string of the molecule is Cc1nc([C@H]2CCCN(C(=O)CCc3ccccc3)C2)nc2c1CCC(=O)N2CC1CC1. The minimum absolute atomic E-state index is 0.133. The van der Waals surface area contributed by atoms with Gasteiger partial charge in [0.05, 0.1) is 0 Å². The first kappa shape index (κ1) is 21.1. The van der Waals surface area contributed by atoms with Crippen LogP contribution in [-0.4, -0.2) is 46.3 Å². The van der Waals surface area contributed by atoms with Crippen LogP contribution in [0, 0.1) is 12.8 Å². The summed E-state index contributed by atoms with van der Waals surface area (Å²) in [5.74, 6) is 2.79. The Kier molecular flexibility index (Phi) is 5.94. The number of hydrogen-bond acceptors (Lipinski definition) is 4. The zero-order valence-corrected chi connectivity index (χ0v) is 18.9. The van der Waals surface area contributed by atoms with Crippen molar-refractivity contribution in [3.63, 3.8) is 0 Å². The summed E-state index contributed by atoms with van der Waals surface area (Å²) in [5, 5.41) is 0. The highest BCUT2D eigenvalue weighted by molar-refractivity contribution is 5.95. The van der Waals surface area contributed by atoms with Gasteiger partial charge in [-0.15, -0.1) is 0 Å². The zero-order chi connectivity index (χ0) is 22.1. The van der Waals surface area contributed by atoms with Crippen LogP contribution >= 0.6 is 0 Å². The monoisotopic (exact) mass is 432 g/mol. The predicted octanol–water partition coefficient (Wildman–Crippen LogP) is 3.81. The van der Waals surface area contributed by atoms with Gasteiger partial charge in [-0.3, -0.25) is 14.5 Å². The number of aryl methyl sites for hydroxylation is 2. The first-order valence-electron chi connectivity index (χ1n) is 12.1. The summed E-state index contributed by atoms with van der Waals surface area (Å²) in [6, 6.07) is 10.2. The maximum absolute atomic E-state index is 12.9. The van der Waals surface area contributed by atoms with E-state index in [1.54, 1.807) is 0 Å². The van der Waals surface area contributed by atoms with E-state index in [9.17, 15) is 9.59 Å². The van der Waals surface area contributed by atoms with E-state index in [4.69, 9.17) is 9.97 Å². The van der Waals surface area contributed by atoms with Gasteiger partial charge in [0.1, 0.15) is 11.6 Å². The summed E-state index contributed by atoms with van der Waals surface area (Å²) in [5.41, 5.74) is 3.31. The van der Waals surface area contributed by atoms with Crippen LogP contribution in [0.3, 0.4) is 0 Å². The molecule has 6 heteroatoms. The lowest BCUT2D eigenvalue weighted by atomic mass is 9.95. The second-order valence-corrected chi connectivity index (χ2v) is 9.58. The lowest BCUT2D eigenvalue weighted by molar-refractivity contribution is -0.132. The van der Waals surface area contributed by atoms with Crippen molar-refractivity contribution in [3.8, 4) is 0 Å². The first-order valence-corrected chi connectivity index (χ1v) is 12.1. The van der Waals surface area contributed by atoms with E-state index in [-0.39, 0.29) is 17.7 Å². The highest BCUT2D eigenvalue weighted by Gasteiger charge is 2.34. The third-order valence-electron chi connectivity index (χ3n) is 7.10. The standard InChI is InChI=1S/C26H32N4O2/c1-18-22-12-14-24(32)30(16-20-9-10-20)26(22)28-25(27-18)21-8-5-15-29(17-21)23(31)13-11-19-6-3-2-4-7-19/h2-4,6-7,20-21H,5,8-17H2,1H3/t21-/m0/s1. The normalized spacial score (nSPS) is 20.9. The number of anilines is 1. The van der Waals surface area contributed by atoms with E-state index in [1.165, 1.54) is 18.4 Å². The average Bonchev–Trinajstić information content (AvgIpc) is 3.64. The van der Waals surface area contributed by atoms with Crippen LogP contribution in [0.4, 0.5) is 5.82 Å². The van der Waals surface area contributed by atoms with Crippen LogP contribution in [0.2, 0.25) is 0 Å². The Morgan fingerprint density at radius 3 is 2.69 bits per heavy atom. The molecule has 6 nitrogen and oxygen atoms in total. The predicted molar refractivity (Wildman–Crippen MR) is 123 cm³/mol. The molecule has 2 aliphatic heterocycles. The molecule has 32 heavy (non-hydrogen) atoms. The van der Waals surface area contributed by atoms with Gasteiger partial charge in [0.25, 0.3) is 0 Å². The van der Waals surface area contributed by atoms with Gasteiger partial charge >= 0.3 is 0 Å². The quantitative estimate of drug-likeness (QED) is 0.696. The molecule has 3 aliphatic rings. The van der Waals surface area contributed by atoms with E-state index >= 15 is 0 Å². The number of aromatic nitrogens is 2. The van der Waals surface area contributed by atoms with Crippen molar-refractivity contribution in [2.24, 2.45) is 5.92 Å². The van der Waals surface area contributed by atoms with E-state index in [1.807, 2.05) is 34.9 Å². The molecule has 1 saturated carbocycles. The van der Waals surface area contributed by atoms with Crippen molar-refractivity contribution < 1.29 is 9.59 Å².